The van der Waals surface area contributed by atoms with Crippen LogP contribution >= 0.6 is 23.4 Å². The third-order valence-electron chi connectivity index (χ3n) is 5.36. The van der Waals surface area contributed by atoms with Gasteiger partial charge in [-0.3, -0.25) is 14.2 Å². The highest BCUT2D eigenvalue weighted by Gasteiger charge is 2.17. The fourth-order valence-corrected chi connectivity index (χ4v) is 4.73. The summed E-state index contributed by atoms with van der Waals surface area (Å²) in [6.45, 7) is 6.18. The largest absolute Gasteiger partial charge is 0.325 e. The molecule has 0 saturated heterocycles. The molecule has 1 N–H and O–H groups in total. The van der Waals surface area contributed by atoms with E-state index in [0.717, 1.165) is 16.8 Å². The molecule has 4 rings (SSSR count). The van der Waals surface area contributed by atoms with Crippen LogP contribution in [0.5, 0.6) is 0 Å². The zero-order valence-corrected chi connectivity index (χ0v) is 20.2. The number of carbonyl (C=O) groups excluding carboxylic acids is 1. The summed E-state index contributed by atoms with van der Waals surface area (Å²) in [5, 5.41) is 4.39. The van der Waals surface area contributed by atoms with Crippen LogP contribution in [0.15, 0.2) is 76.7 Å². The molecule has 0 unspecified atom stereocenters. The maximum atomic E-state index is 13.4. The summed E-state index contributed by atoms with van der Waals surface area (Å²) in [5.41, 5.74) is 3.83. The molecule has 0 saturated carbocycles. The van der Waals surface area contributed by atoms with E-state index < -0.39 is 0 Å². The first-order chi connectivity index (χ1) is 15.9. The van der Waals surface area contributed by atoms with Crippen LogP contribution < -0.4 is 10.9 Å². The Morgan fingerprint density at radius 3 is 2.55 bits per heavy atom. The Kier molecular flexibility index (Phi) is 6.86. The first-order valence-corrected chi connectivity index (χ1v) is 12.0. The number of aromatic nitrogens is 2. The zero-order chi connectivity index (χ0) is 23.5. The first kappa shape index (κ1) is 23.1. The molecule has 3 aromatic carbocycles. The van der Waals surface area contributed by atoms with Gasteiger partial charge in [0.05, 0.1) is 27.4 Å². The highest BCUT2D eigenvalue weighted by atomic mass is 35.5. The number of thioether (sulfide) groups is 1. The van der Waals surface area contributed by atoms with Crippen molar-refractivity contribution in [2.45, 2.75) is 31.8 Å². The molecule has 0 aliphatic rings. The molecule has 0 atom stereocenters. The highest BCUT2D eigenvalue weighted by Crippen LogP contribution is 2.29. The molecule has 0 radical (unpaired) electrons. The molecule has 0 spiro atoms. The SMILES string of the molecule is Cc1cccc(C(C)C)c1NC(=O)CSc1nc2ccccc2c(=O)n1-c1ccccc1Cl. The fraction of sp³-hybridized carbons (Fsp3) is 0.192. The lowest BCUT2D eigenvalue weighted by Gasteiger charge is -2.17. The van der Waals surface area contributed by atoms with Gasteiger partial charge in [-0.1, -0.05) is 79.7 Å². The minimum Gasteiger partial charge on any atom is -0.325 e. The second-order valence-electron chi connectivity index (χ2n) is 8.03. The van der Waals surface area contributed by atoms with E-state index >= 15 is 0 Å². The highest BCUT2D eigenvalue weighted by molar-refractivity contribution is 7.99. The van der Waals surface area contributed by atoms with E-state index in [0.29, 0.717) is 26.8 Å². The van der Waals surface area contributed by atoms with Gasteiger partial charge in [-0.25, -0.2) is 4.98 Å². The van der Waals surface area contributed by atoms with Crippen LogP contribution in [0.2, 0.25) is 5.02 Å². The Morgan fingerprint density at radius 2 is 1.79 bits per heavy atom. The Balaban J connectivity index is 1.69. The quantitative estimate of drug-likeness (QED) is 0.265. The number of rotatable bonds is 6. The minimum atomic E-state index is -0.224. The number of hydrogen-bond donors (Lipinski definition) is 1. The third-order valence-corrected chi connectivity index (χ3v) is 6.62. The maximum Gasteiger partial charge on any atom is 0.266 e. The molecular formula is C26H24ClN3O2S. The fourth-order valence-electron chi connectivity index (χ4n) is 3.70. The van der Waals surface area contributed by atoms with Gasteiger partial charge in [0.2, 0.25) is 5.91 Å². The molecule has 1 amide bonds. The molecule has 0 aliphatic heterocycles. The van der Waals surface area contributed by atoms with Gasteiger partial charge in [0.15, 0.2) is 5.16 Å². The lowest BCUT2D eigenvalue weighted by molar-refractivity contribution is -0.113. The number of hydrogen-bond acceptors (Lipinski definition) is 4. The van der Waals surface area contributed by atoms with E-state index in [1.54, 1.807) is 36.4 Å². The number of aryl methyl sites for hydroxylation is 1. The second-order valence-corrected chi connectivity index (χ2v) is 9.38. The van der Waals surface area contributed by atoms with E-state index in [-0.39, 0.29) is 23.1 Å². The summed E-state index contributed by atoms with van der Waals surface area (Å²) >= 11 is 7.62. The van der Waals surface area contributed by atoms with Gasteiger partial charge in [-0.05, 0) is 48.2 Å². The predicted octanol–water partition coefficient (Wildman–Crippen LogP) is 6.20. The zero-order valence-electron chi connectivity index (χ0n) is 18.6. The molecule has 33 heavy (non-hydrogen) atoms. The van der Waals surface area contributed by atoms with Gasteiger partial charge < -0.3 is 5.32 Å². The van der Waals surface area contributed by atoms with Crippen LogP contribution in [0.3, 0.4) is 0 Å². The maximum absolute atomic E-state index is 13.4. The van der Waals surface area contributed by atoms with Crippen molar-refractivity contribution in [1.29, 1.82) is 0 Å². The van der Waals surface area contributed by atoms with Crippen molar-refractivity contribution in [2.24, 2.45) is 0 Å². The Labute approximate surface area is 201 Å². The van der Waals surface area contributed by atoms with Gasteiger partial charge >= 0.3 is 0 Å². The Bertz CT molecular complexity index is 1400. The van der Waals surface area contributed by atoms with Gasteiger partial charge in [-0.15, -0.1) is 0 Å². The number of para-hydroxylation sites is 3. The second kappa shape index (κ2) is 9.81. The summed E-state index contributed by atoms with van der Waals surface area (Å²) in [7, 11) is 0. The van der Waals surface area contributed by atoms with Crippen LogP contribution in [0.4, 0.5) is 5.69 Å². The number of amides is 1. The van der Waals surface area contributed by atoms with Crippen molar-refractivity contribution in [2.75, 3.05) is 11.1 Å². The molecule has 4 aromatic rings. The van der Waals surface area contributed by atoms with Crippen molar-refractivity contribution < 1.29 is 4.79 Å². The smallest absolute Gasteiger partial charge is 0.266 e. The van der Waals surface area contributed by atoms with Crippen LogP contribution in [0.1, 0.15) is 30.9 Å². The molecule has 1 aromatic heterocycles. The molecule has 5 nitrogen and oxygen atoms in total. The molecule has 0 bridgehead atoms. The number of halogens is 1. The van der Waals surface area contributed by atoms with Crippen LogP contribution in [-0.2, 0) is 4.79 Å². The van der Waals surface area contributed by atoms with Crippen LogP contribution in [0, 0.1) is 6.92 Å². The number of nitrogens with one attached hydrogen (secondary N) is 1. The van der Waals surface area contributed by atoms with E-state index in [1.165, 1.54) is 16.3 Å². The molecule has 168 valence electrons. The summed E-state index contributed by atoms with van der Waals surface area (Å²) in [5.74, 6) is 0.214. The normalized spacial score (nSPS) is 11.2. The van der Waals surface area contributed by atoms with Gasteiger partial charge in [-0.2, -0.15) is 0 Å². The predicted molar refractivity (Wildman–Crippen MR) is 137 cm³/mol. The van der Waals surface area contributed by atoms with E-state index in [4.69, 9.17) is 11.6 Å². The van der Waals surface area contributed by atoms with Crippen molar-refractivity contribution in [3.05, 3.63) is 93.2 Å². The minimum absolute atomic E-state index is 0.0983. The summed E-state index contributed by atoms with van der Waals surface area (Å²) in [6.07, 6.45) is 0. The van der Waals surface area contributed by atoms with E-state index in [2.05, 4.69) is 24.1 Å². The Morgan fingerprint density at radius 1 is 1.06 bits per heavy atom. The summed E-state index contributed by atoms with van der Waals surface area (Å²) in [6, 6.07) is 20.3. The number of fused-ring (bicyclic) bond motifs is 1. The van der Waals surface area contributed by atoms with Crippen molar-refractivity contribution in [3.8, 4) is 5.69 Å². The average Bonchev–Trinajstić information content (AvgIpc) is 2.80. The average molecular weight is 478 g/mol. The Hall–Kier alpha value is -3.09. The number of carbonyl (C=O) groups is 1. The van der Waals surface area contributed by atoms with Crippen LogP contribution in [0.25, 0.3) is 16.6 Å². The molecular weight excluding hydrogens is 454 g/mol. The van der Waals surface area contributed by atoms with E-state index in [9.17, 15) is 9.59 Å². The van der Waals surface area contributed by atoms with Crippen LogP contribution in [-0.4, -0.2) is 21.2 Å². The number of anilines is 1. The number of benzene rings is 3. The lowest BCUT2D eigenvalue weighted by Crippen LogP contribution is -2.23. The molecule has 0 fully saturated rings. The molecule has 7 heteroatoms. The van der Waals surface area contributed by atoms with Gasteiger partial charge in [0, 0.05) is 5.69 Å². The van der Waals surface area contributed by atoms with Crippen molar-refractivity contribution >= 4 is 45.9 Å². The number of nitrogens with zero attached hydrogens (tertiary/aromatic N) is 2. The topological polar surface area (TPSA) is 64.0 Å². The monoisotopic (exact) mass is 477 g/mol. The van der Waals surface area contributed by atoms with Gasteiger partial charge in [0.1, 0.15) is 0 Å². The first-order valence-electron chi connectivity index (χ1n) is 10.7. The molecule has 1 heterocycles. The lowest BCUT2D eigenvalue weighted by atomic mass is 9.98. The van der Waals surface area contributed by atoms with Crippen molar-refractivity contribution in [1.82, 2.24) is 9.55 Å². The van der Waals surface area contributed by atoms with Crippen molar-refractivity contribution in [3.63, 3.8) is 0 Å². The third kappa shape index (κ3) is 4.82. The standard InChI is InChI=1S/C26H24ClN3O2S/c1-16(2)18-11-8-9-17(3)24(18)29-23(31)15-33-26-28-21-13-6-4-10-19(21)25(32)30(26)22-14-7-5-12-20(22)27/h4-14,16H,15H2,1-3H3,(H,29,31). The van der Waals surface area contributed by atoms with E-state index in [1.807, 2.05) is 37.3 Å². The summed E-state index contributed by atoms with van der Waals surface area (Å²) < 4.78 is 1.48. The molecule has 0 aliphatic carbocycles. The summed E-state index contributed by atoms with van der Waals surface area (Å²) in [4.78, 5) is 30.9. The van der Waals surface area contributed by atoms with Gasteiger partial charge in [0.25, 0.3) is 5.56 Å².